The number of carbonyl (C=O) groups excluding carboxylic acids is 2. The van der Waals surface area contributed by atoms with Crippen LogP contribution in [0, 0.1) is 0 Å². The molecule has 0 atom stereocenters. The van der Waals surface area contributed by atoms with E-state index < -0.39 is 5.91 Å². The summed E-state index contributed by atoms with van der Waals surface area (Å²) in [5.74, 6) is 0.119. The zero-order valence-electron chi connectivity index (χ0n) is 15.4. The maximum atomic E-state index is 12.3. The maximum Gasteiger partial charge on any atom is 0.255 e. The predicted octanol–water partition coefficient (Wildman–Crippen LogP) is 0.694. The van der Waals surface area contributed by atoms with Gasteiger partial charge in [0.2, 0.25) is 5.91 Å². The molecule has 0 bridgehead atoms. The van der Waals surface area contributed by atoms with Crippen LogP contribution in [0.1, 0.15) is 5.56 Å². The molecular weight excluding hydrogens is 340 g/mol. The zero-order chi connectivity index (χ0) is 19.4. The van der Waals surface area contributed by atoms with Crippen molar-refractivity contribution >= 4 is 17.9 Å². The number of ether oxygens (including phenoxy) is 4. The number of nitrogens with two attached hydrogens (primary N) is 1. The number of hydrogen-bond donors (Lipinski definition) is 1. The fourth-order valence-corrected chi connectivity index (χ4v) is 2.06. The molecule has 2 N–H and O–H groups in total. The number of rotatable bonds is 12. The third-order valence-corrected chi connectivity index (χ3v) is 3.42. The number of benzene rings is 1. The van der Waals surface area contributed by atoms with E-state index in [4.69, 9.17) is 24.7 Å². The minimum absolute atomic E-state index is 0.146. The Morgan fingerprint density at radius 1 is 1.08 bits per heavy atom. The van der Waals surface area contributed by atoms with E-state index in [0.717, 1.165) is 5.56 Å². The summed E-state index contributed by atoms with van der Waals surface area (Å²) in [5.41, 5.74) is 5.81. The Hall–Kier alpha value is -2.58. The normalized spacial score (nSPS) is 10.7. The van der Waals surface area contributed by atoms with Gasteiger partial charge in [0.15, 0.2) is 18.1 Å². The Balaban J connectivity index is 2.80. The second kappa shape index (κ2) is 11.9. The number of hydrogen-bond acceptors (Lipinski definition) is 6. The second-order valence-corrected chi connectivity index (χ2v) is 5.31. The molecule has 0 aromatic heterocycles. The van der Waals surface area contributed by atoms with E-state index in [1.165, 1.54) is 13.2 Å². The second-order valence-electron chi connectivity index (χ2n) is 5.31. The van der Waals surface area contributed by atoms with E-state index >= 15 is 0 Å². The van der Waals surface area contributed by atoms with Gasteiger partial charge in [0.25, 0.3) is 5.91 Å². The number of primary amides is 1. The van der Waals surface area contributed by atoms with Gasteiger partial charge in [-0.25, -0.2) is 0 Å². The largest absolute Gasteiger partial charge is 0.493 e. The SMILES string of the molecule is COCCN(CCOC)C(=O)/C=C/c1ccc(OCC(N)=O)c(OC)c1. The molecule has 8 nitrogen and oxygen atoms in total. The van der Waals surface area contributed by atoms with E-state index in [1.807, 2.05) is 0 Å². The van der Waals surface area contributed by atoms with Crippen molar-refractivity contribution in [3.05, 3.63) is 29.8 Å². The van der Waals surface area contributed by atoms with Crippen LogP contribution in [0.25, 0.3) is 6.08 Å². The fraction of sp³-hybridized carbons (Fsp3) is 0.444. The van der Waals surface area contributed by atoms with Gasteiger partial charge in [0.1, 0.15) is 0 Å². The summed E-state index contributed by atoms with van der Waals surface area (Å²) in [7, 11) is 4.66. The summed E-state index contributed by atoms with van der Waals surface area (Å²) in [4.78, 5) is 24.8. The molecule has 1 aromatic rings. The zero-order valence-corrected chi connectivity index (χ0v) is 15.4. The number of amides is 2. The van der Waals surface area contributed by atoms with Gasteiger partial charge >= 0.3 is 0 Å². The Morgan fingerprint density at radius 2 is 1.73 bits per heavy atom. The first-order chi connectivity index (χ1) is 12.5. The van der Waals surface area contributed by atoms with Crippen molar-refractivity contribution in [3.8, 4) is 11.5 Å². The van der Waals surface area contributed by atoms with Crippen molar-refractivity contribution in [2.45, 2.75) is 0 Å². The number of methoxy groups -OCH3 is 3. The monoisotopic (exact) mass is 366 g/mol. The first kappa shape index (κ1) is 21.5. The molecule has 0 saturated carbocycles. The van der Waals surface area contributed by atoms with Gasteiger partial charge in [-0.05, 0) is 23.8 Å². The summed E-state index contributed by atoms with van der Waals surface area (Å²) < 4.78 is 20.6. The lowest BCUT2D eigenvalue weighted by atomic mass is 10.2. The molecule has 0 aliphatic heterocycles. The van der Waals surface area contributed by atoms with Crippen LogP contribution in [0.3, 0.4) is 0 Å². The summed E-state index contributed by atoms with van der Waals surface area (Å²) >= 11 is 0. The van der Waals surface area contributed by atoms with Crippen molar-refractivity contribution in [1.29, 1.82) is 0 Å². The fourth-order valence-electron chi connectivity index (χ4n) is 2.06. The Bertz CT molecular complexity index is 610. The highest BCUT2D eigenvalue weighted by Crippen LogP contribution is 2.28. The van der Waals surface area contributed by atoms with Crippen LogP contribution in [0.4, 0.5) is 0 Å². The van der Waals surface area contributed by atoms with Crippen LogP contribution in [-0.2, 0) is 19.1 Å². The van der Waals surface area contributed by atoms with Gasteiger partial charge in [-0.2, -0.15) is 0 Å². The minimum atomic E-state index is -0.575. The lowest BCUT2D eigenvalue weighted by Crippen LogP contribution is -2.35. The van der Waals surface area contributed by atoms with Gasteiger partial charge in [-0.3, -0.25) is 9.59 Å². The molecule has 0 heterocycles. The molecule has 144 valence electrons. The number of carbonyl (C=O) groups is 2. The molecule has 0 fully saturated rings. The van der Waals surface area contributed by atoms with Gasteiger partial charge in [0.05, 0.1) is 20.3 Å². The van der Waals surface area contributed by atoms with E-state index in [0.29, 0.717) is 37.8 Å². The van der Waals surface area contributed by atoms with Gasteiger partial charge < -0.3 is 29.6 Å². The highest BCUT2D eigenvalue weighted by atomic mass is 16.5. The summed E-state index contributed by atoms with van der Waals surface area (Å²) in [6.07, 6.45) is 3.15. The lowest BCUT2D eigenvalue weighted by molar-refractivity contribution is -0.127. The van der Waals surface area contributed by atoms with Gasteiger partial charge in [-0.1, -0.05) is 6.07 Å². The molecule has 0 unspecified atom stereocenters. The summed E-state index contributed by atoms with van der Waals surface area (Å²) in [6.45, 7) is 1.61. The van der Waals surface area contributed by atoms with Crippen LogP contribution in [0.5, 0.6) is 11.5 Å². The molecule has 26 heavy (non-hydrogen) atoms. The van der Waals surface area contributed by atoms with E-state index in [2.05, 4.69) is 0 Å². The molecule has 1 aromatic carbocycles. The van der Waals surface area contributed by atoms with Crippen LogP contribution < -0.4 is 15.2 Å². The van der Waals surface area contributed by atoms with Crippen molar-refractivity contribution in [3.63, 3.8) is 0 Å². The van der Waals surface area contributed by atoms with Crippen LogP contribution in [0.2, 0.25) is 0 Å². The smallest absolute Gasteiger partial charge is 0.255 e. The molecule has 1 rings (SSSR count). The minimum Gasteiger partial charge on any atom is -0.493 e. The Kier molecular flexibility index (Phi) is 9.81. The van der Waals surface area contributed by atoms with E-state index in [-0.39, 0.29) is 12.5 Å². The molecule has 0 spiro atoms. The van der Waals surface area contributed by atoms with Crippen LogP contribution in [-0.4, -0.2) is 71.0 Å². The molecule has 8 heteroatoms. The third-order valence-electron chi connectivity index (χ3n) is 3.42. The molecule has 0 radical (unpaired) electrons. The lowest BCUT2D eigenvalue weighted by Gasteiger charge is -2.20. The Labute approximate surface area is 153 Å². The van der Waals surface area contributed by atoms with Crippen molar-refractivity contribution < 1.29 is 28.5 Å². The topological polar surface area (TPSA) is 100 Å². The van der Waals surface area contributed by atoms with Gasteiger partial charge in [0, 0.05) is 33.4 Å². The molecule has 0 saturated heterocycles. The van der Waals surface area contributed by atoms with Crippen molar-refractivity contribution in [2.75, 3.05) is 54.2 Å². The summed E-state index contributed by atoms with van der Waals surface area (Å²) in [6, 6.07) is 5.10. The molecular formula is C18H26N2O6. The first-order valence-corrected chi connectivity index (χ1v) is 8.05. The van der Waals surface area contributed by atoms with Gasteiger partial charge in [-0.15, -0.1) is 0 Å². The third kappa shape index (κ3) is 7.54. The average Bonchev–Trinajstić information content (AvgIpc) is 2.64. The quantitative estimate of drug-likeness (QED) is 0.547. The Morgan fingerprint density at radius 3 is 2.27 bits per heavy atom. The van der Waals surface area contributed by atoms with E-state index in [1.54, 1.807) is 43.4 Å². The highest BCUT2D eigenvalue weighted by Gasteiger charge is 2.10. The average molecular weight is 366 g/mol. The van der Waals surface area contributed by atoms with Crippen molar-refractivity contribution in [2.24, 2.45) is 5.73 Å². The van der Waals surface area contributed by atoms with Crippen molar-refractivity contribution in [1.82, 2.24) is 4.90 Å². The molecule has 2 amide bonds. The highest BCUT2D eigenvalue weighted by molar-refractivity contribution is 5.91. The summed E-state index contributed by atoms with van der Waals surface area (Å²) in [5, 5.41) is 0. The molecule has 0 aliphatic rings. The van der Waals surface area contributed by atoms with Crippen LogP contribution >= 0.6 is 0 Å². The predicted molar refractivity (Wildman–Crippen MR) is 97.0 cm³/mol. The maximum absolute atomic E-state index is 12.3. The molecule has 0 aliphatic carbocycles. The number of nitrogens with zero attached hydrogens (tertiary/aromatic N) is 1. The standard InChI is InChI=1S/C18H26N2O6/c1-23-10-8-20(9-11-24-2)18(22)7-5-14-4-6-15(16(12-14)25-3)26-13-17(19)21/h4-7,12H,8-11,13H2,1-3H3,(H2,19,21)/b7-5+. The van der Waals surface area contributed by atoms with E-state index in [9.17, 15) is 9.59 Å². The first-order valence-electron chi connectivity index (χ1n) is 8.05. The van der Waals surface area contributed by atoms with Crippen LogP contribution in [0.15, 0.2) is 24.3 Å².